The molecule has 1 N–H and O–H groups in total. The van der Waals surface area contributed by atoms with Crippen LogP contribution in [-0.2, 0) is 17.9 Å². The van der Waals surface area contributed by atoms with Crippen molar-refractivity contribution in [2.75, 3.05) is 0 Å². The largest absolute Gasteiger partial charge is 0.445 e. The normalized spacial score (nSPS) is 15.6. The van der Waals surface area contributed by atoms with E-state index in [0.29, 0.717) is 0 Å². The van der Waals surface area contributed by atoms with Crippen LogP contribution in [-0.4, -0.2) is 20.9 Å². The first-order valence-electron chi connectivity index (χ1n) is 8.27. The number of aromatic nitrogens is 3. The molecule has 2 aromatic carbocycles. The second-order valence-corrected chi connectivity index (χ2v) is 5.95. The molecular weight excluding hydrogens is 316 g/mol. The molecule has 1 atom stereocenters. The Hall–Kier alpha value is -3.15. The molecule has 0 radical (unpaired) electrons. The first-order valence-corrected chi connectivity index (χ1v) is 8.27. The quantitative estimate of drug-likeness (QED) is 0.795. The minimum atomic E-state index is -0.438. The van der Waals surface area contributed by atoms with Crippen LogP contribution in [0.1, 0.15) is 23.9 Å². The van der Waals surface area contributed by atoms with Gasteiger partial charge in [0.2, 0.25) is 0 Å². The van der Waals surface area contributed by atoms with Gasteiger partial charge in [-0.1, -0.05) is 60.7 Å². The number of nitrogens with zero attached hydrogens (tertiary/aromatic N) is 3. The molecule has 4 rings (SSSR count). The molecule has 0 saturated carbocycles. The summed E-state index contributed by atoms with van der Waals surface area (Å²) in [6, 6.07) is 19.4. The van der Waals surface area contributed by atoms with Crippen LogP contribution in [0.5, 0.6) is 0 Å². The number of carbonyl (C=O) groups excluding carboxylic acids is 1. The van der Waals surface area contributed by atoms with Crippen molar-refractivity contribution in [3.63, 3.8) is 0 Å². The van der Waals surface area contributed by atoms with Crippen LogP contribution in [0.25, 0.3) is 11.4 Å². The molecule has 6 nitrogen and oxygen atoms in total. The molecule has 2 heterocycles. The predicted molar refractivity (Wildman–Crippen MR) is 92.6 cm³/mol. The molecule has 3 aromatic rings. The van der Waals surface area contributed by atoms with Crippen LogP contribution in [0.2, 0.25) is 0 Å². The molecule has 1 amide bonds. The van der Waals surface area contributed by atoms with Crippen LogP contribution in [0.3, 0.4) is 0 Å². The van der Waals surface area contributed by atoms with E-state index in [-0.39, 0.29) is 12.6 Å². The van der Waals surface area contributed by atoms with Crippen molar-refractivity contribution in [3.05, 3.63) is 72.1 Å². The molecule has 0 aliphatic carbocycles. The fourth-order valence-electron chi connectivity index (χ4n) is 3.03. The van der Waals surface area contributed by atoms with E-state index in [2.05, 4.69) is 20.1 Å². The molecule has 0 saturated heterocycles. The maximum Gasteiger partial charge on any atom is 0.408 e. The minimum absolute atomic E-state index is 0.173. The number of hydrogen-bond donors (Lipinski definition) is 1. The summed E-state index contributed by atoms with van der Waals surface area (Å²) >= 11 is 0. The van der Waals surface area contributed by atoms with Crippen molar-refractivity contribution in [3.8, 4) is 11.4 Å². The van der Waals surface area contributed by atoms with Crippen molar-refractivity contribution in [2.45, 2.75) is 25.6 Å². The molecule has 0 bridgehead atoms. The molecule has 1 aliphatic heterocycles. The average molecular weight is 334 g/mol. The molecular formula is C19H18N4O2. The highest BCUT2D eigenvalue weighted by Crippen LogP contribution is 2.29. The number of fused-ring (bicyclic) bond motifs is 1. The Labute approximate surface area is 145 Å². The second-order valence-electron chi connectivity index (χ2n) is 5.95. The van der Waals surface area contributed by atoms with Gasteiger partial charge in [0, 0.05) is 12.1 Å². The summed E-state index contributed by atoms with van der Waals surface area (Å²) < 4.78 is 7.34. The van der Waals surface area contributed by atoms with Crippen LogP contribution in [0, 0.1) is 0 Å². The Balaban J connectivity index is 1.41. The van der Waals surface area contributed by atoms with E-state index in [1.807, 2.05) is 60.7 Å². The monoisotopic (exact) mass is 334 g/mol. The van der Waals surface area contributed by atoms with Crippen molar-refractivity contribution >= 4 is 6.09 Å². The van der Waals surface area contributed by atoms with Gasteiger partial charge in [-0.25, -0.2) is 4.79 Å². The molecule has 6 heteroatoms. The van der Waals surface area contributed by atoms with E-state index in [4.69, 9.17) is 4.74 Å². The lowest BCUT2D eigenvalue weighted by Gasteiger charge is -2.11. The molecule has 0 spiro atoms. The Morgan fingerprint density at radius 2 is 1.80 bits per heavy atom. The maximum atomic E-state index is 12.1. The molecule has 25 heavy (non-hydrogen) atoms. The lowest BCUT2D eigenvalue weighted by Crippen LogP contribution is -2.28. The Bertz CT molecular complexity index is 862. The van der Waals surface area contributed by atoms with Crippen molar-refractivity contribution in [2.24, 2.45) is 0 Å². The van der Waals surface area contributed by atoms with E-state index in [1.165, 1.54) is 0 Å². The van der Waals surface area contributed by atoms with E-state index in [9.17, 15) is 4.79 Å². The third-order valence-corrected chi connectivity index (χ3v) is 4.27. The topological polar surface area (TPSA) is 69.0 Å². The summed E-state index contributed by atoms with van der Waals surface area (Å²) in [5.74, 6) is 1.60. The highest BCUT2D eigenvalue weighted by molar-refractivity contribution is 5.68. The summed E-state index contributed by atoms with van der Waals surface area (Å²) in [5.41, 5.74) is 1.98. The summed E-state index contributed by atoms with van der Waals surface area (Å²) in [6.45, 7) is 1.03. The number of rotatable bonds is 4. The fourth-order valence-corrected chi connectivity index (χ4v) is 3.03. The number of benzene rings is 2. The number of ether oxygens (including phenoxy) is 1. The van der Waals surface area contributed by atoms with Gasteiger partial charge in [-0.05, 0) is 12.0 Å². The second kappa shape index (κ2) is 6.76. The molecule has 1 aromatic heterocycles. The summed E-state index contributed by atoms with van der Waals surface area (Å²) in [4.78, 5) is 12.1. The van der Waals surface area contributed by atoms with Gasteiger partial charge in [0.25, 0.3) is 0 Å². The highest BCUT2D eigenvalue weighted by Gasteiger charge is 2.29. The zero-order valence-corrected chi connectivity index (χ0v) is 13.6. The summed E-state index contributed by atoms with van der Waals surface area (Å²) in [6.07, 6.45) is 0.344. The van der Waals surface area contributed by atoms with Gasteiger partial charge < -0.3 is 14.6 Å². The third kappa shape index (κ3) is 3.24. The SMILES string of the molecule is O=C(NC1CCn2c(-c3ccccc3)nnc21)OCc1ccccc1. The number of alkyl carbamates (subject to hydrolysis) is 1. The lowest BCUT2D eigenvalue weighted by atomic mass is 10.2. The lowest BCUT2D eigenvalue weighted by molar-refractivity contribution is 0.135. The van der Waals surface area contributed by atoms with Crippen LogP contribution in [0.15, 0.2) is 60.7 Å². The molecule has 1 unspecified atom stereocenters. The summed E-state index contributed by atoms with van der Waals surface area (Å²) in [7, 11) is 0. The zero-order valence-electron chi connectivity index (χ0n) is 13.6. The van der Waals surface area contributed by atoms with Crippen LogP contribution >= 0.6 is 0 Å². The predicted octanol–water partition coefficient (Wildman–Crippen LogP) is 3.32. The molecule has 0 fully saturated rings. The standard InChI is InChI=1S/C19H18N4O2/c24-19(25-13-14-7-3-1-4-8-14)20-16-11-12-23-17(21-22-18(16)23)15-9-5-2-6-10-15/h1-10,16H,11-13H2,(H,20,24). The summed E-state index contributed by atoms with van der Waals surface area (Å²) in [5, 5.41) is 11.4. The van der Waals surface area contributed by atoms with Crippen molar-refractivity contribution in [1.82, 2.24) is 20.1 Å². The third-order valence-electron chi connectivity index (χ3n) is 4.27. The van der Waals surface area contributed by atoms with E-state index < -0.39 is 6.09 Å². The van der Waals surface area contributed by atoms with Crippen molar-refractivity contribution in [1.29, 1.82) is 0 Å². The first kappa shape index (κ1) is 15.4. The molecule has 1 aliphatic rings. The number of hydrogen-bond acceptors (Lipinski definition) is 4. The van der Waals surface area contributed by atoms with Gasteiger partial charge in [-0.15, -0.1) is 10.2 Å². The molecule has 126 valence electrons. The van der Waals surface area contributed by atoms with Crippen LogP contribution in [0.4, 0.5) is 4.79 Å². The van der Waals surface area contributed by atoms with E-state index in [1.54, 1.807) is 0 Å². The van der Waals surface area contributed by atoms with Gasteiger partial charge in [-0.3, -0.25) is 0 Å². The Morgan fingerprint density at radius 1 is 1.08 bits per heavy atom. The van der Waals surface area contributed by atoms with E-state index in [0.717, 1.165) is 35.7 Å². The number of amides is 1. The van der Waals surface area contributed by atoms with Gasteiger partial charge >= 0.3 is 6.09 Å². The Kier molecular flexibility index (Phi) is 4.16. The zero-order chi connectivity index (χ0) is 17.1. The van der Waals surface area contributed by atoms with Crippen LogP contribution < -0.4 is 5.32 Å². The van der Waals surface area contributed by atoms with Gasteiger partial charge in [0.1, 0.15) is 6.61 Å². The van der Waals surface area contributed by atoms with Gasteiger partial charge in [-0.2, -0.15) is 0 Å². The average Bonchev–Trinajstić information content (AvgIpc) is 3.25. The highest BCUT2D eigenvalue weighted by atomic mass is 16.5. The van der Waals surface area contributed by atoms with E-state index >= 15 is 0 Å². The smallest absolute Gasteiger partial charge is 0.408 e. The first-order chi connectivity index (χ1) is 12.3. The Morgan fingerprint density at radius 3 is 2.56 bits per heavy atom. The van der Waals surface area contributed by atoms with Crippen molar-refractivity contribution < 1.29 is 9.53 Å². The van der Waals surface area contributed by atoms with Gasteiger partial charge in [0.15, 0.2) is 11.6 Å². The number of nitrogens with one attached hydrogen (secondary N) is 1. The minimum Gasteiger partial charge on any atom is -0.445 e. The van der Waals surface area contributed by atoms with Gasteiger partial charge in [0.05, 0.1) is 6.04 Å². The maximum absolute atomic E-state index is 12.1. The fraction of sp³-hybridized carbons (Fsp3) is 0.211. The number of carbonyl (C=O) groups is 1.